The third kappa shape index (κ3) is 5.54. The summed E-state index contributed by atoms with van der Waals surface area (Å²) in [6.07, 6.45) is 0. The molecule has 0 amide bonds. The Kier molecular flexibility index (Phi) is 7.41. The molecule has 70 heavy (non-hydrogen) atoms. The second-order valence-corrected chi connectivity index (χ2v) is 17.7. The van der Waals surface area contributed by atoms with E-state index in [9.17, 15) is 2.74 Å². The molecule has 15 aromatic rings. The molecule has 0 aliphatic heterocycles. The first-order chi connectivity index (χ1) is 36.4. The molecule has 0 fully saturated rings. The van der Waals surface area contributed by atoms with E-state index >= 15 is 0 Å². The van der Waals surface area contributed by atoms with Crippen molar-refractivity contribution in [1.82, 2.24) is 33.2 Å². The van der Waals surface area contributed by atoms with Crippen molar-refractivity contribution in [2.24, 2.45) is 0 Å². The van der Waals surface area contributed by atoms with Crippen LogP contribution in [0.1, 0.15) is 5.48 Å². The van der Waals surface area contributed by atoms with Gasteiger partial charge in [0.2, 0.25) is 11.9 Å². The van der Waals surface area contributed by atoms with Crippen LogP contribution >= 0.6 is 0 Å². The van der Waals surface area contributed by atoms with E-state index in [0.29, 0.717) is 28.1 Å². The van der Waals surface area contributed by atoms with Crippen LogP contribution in [0.3, 0.4) is 0 Å². The highest BCUT2D eigenvalue weighted by molar-refractivity contribution is 6.12. The summed E-state index contributed by atoms with van der Waals surface area (Å²) in [4.78, 5) is 16.5. The second-order valence-electron chi connectivity index (χ2n) is 17.7. The molecule has 7 heteroatoms. The van der Waals surface area contributed by atoms with E-state index in [1.54, 1.807) is 4.57 Å². The SMILES string of the molecule is [2H]c1c([2H])c([2H])c2c(c1[2H])c1ccccc1n2-c1nc(-c2c(-c3ccc(-n4c5ccccc5c5ccccc54)cc3)cccc2-n2c3ccccc3c3ccccc32)nc(-n2c3ccccc3c3ccccc32)n1. The molecule has 0 aliphatic carbocycles. The standard InChI is InChI=1S/C63H39N7/c1-9-27-51-43(18-1)44-19-2-10-28-52(44)67(51)41-38-36-40(37-39-41)42-26-17-35-59(68-53-29-11-3-20-45(53)46-21-4-12-30-54(46)68)60(42)61-64-62(69-55-31-13-5-22-47(55)48-23-6-14-32-56(48)69)66-63(65-61)70-57-33-15-7-24-49(57)50-25-8-16-34-58(50)70/h1-39H/i5D,13D,22D,31D. The summed E-state index contributed by atoms with van der Waals surface area (Å²) in [5.41, 5.74) is 11.4. The lowest BCUT2D eigenvalue weighted by Gasteiger charge is -2.19. The molecule has 0 saturated carbocycles. The fourth-order valence-corrected chi connectivity index (χ4v) is 11.1. The van der Waals surface area contributed by atoms with Crippen molar-refractivity contribution in [2.45, 2.75) is 0 Å². The van der Waals surface area contributed by atoms with Gasteiger partial charge in [-0.25, -0.2) is 0 Å². The lowest BCUT2D eigenvalue weighted by atomic mass is 9.96. The lowest BCUT2D eigenvalue weighted by Crippen LogP contribution is -2.11. The molecule has 0 unspecified atom stereocenters. The molecule has 10 aromatic carbocycles. The van der Waals surface area contributed by atoms with Gasteiger partial charge in [-0.15, -0.1) is 0 Å². The Morgan fingerprint density at radius 3 is 1.16 bits per heavy atom. The van der Waals surface area contributed by atoms with Gasteiger partial charge >= 0.3 is 0 Å². The zero-order chi connectivity index (χ0) is 49.3. The van der Waals surface area contributed by atoms with Gasteiger partial charge in [0.25, 0.3) is 0 Å². The number of aromatic nitrogens is 7. The average molecular weight is 898 g/mol. The van der Waals surface area contributed by atoms with E-state index in [-0.39, 0.29) is 35.6 Å². The summed E-state index contributed by atoms with van der Waals surface area (Å²) in [6.45, 7) is 0. The Morgan fingerprint density at radius 1 is 0.300 bits per heavy atom. The van der Waals surface area contributed by atoms with Crippen molar-refractivity contribution in [3.63, 3.8) is 0 Å². The van der Waals surface area contributed by atoms with Gasteiger partial charge in [0.1, 0.15) is 0 Å². The molecule has 15 rings (SSSR count). The van der Waals surface area contributed by atoms with Crippen molar-refractivity contribution in [1.29, 1.82) is 0 Å². The van der Waals surface area contributed by atoms with Crippen LogP contribution in [0.25, 0.3) is 133 Å². The molecular formula is C63H39N7. The maximum absolute atomic E-state index is 9.47. The molecule has 0 atom stereocenters. The van der Waals surface area contributed by atoms with Gasteiger partial charge in [0.05, 0.1) is 60.9 Å². The fourth-order valence-electron chi connectivity index (χ4n) is 11.1. The van der Waals surface area contributed by atoms with E-state index in [0.717, 1.165) is 82.7 Å². The Labute approximate surface area is 406 Å². The van der Waals surface area contributed by atoms with Crippen molar-refractivity contribution < 1.29 is 5.48 Å². The first kappa shape index (κ1) is 34.7. The van der Waals surface area contributed by atoms with Crippen LogP contribution in [-0.4, -0.2) is 33.2 Å². The molecule has 0 saturated heterocycles. The third-order valence-corrected chi connectivity index (χ3v) is 14.0. The zero-order valence-corrected chi connectivity index (χ0v) is 37.3. The monoisotopic (exact) mass is 897 g/mol. The van der Waals surface area contributed by atoms with Gasteiger partial charge < -0.3 is 9.13 Å². The fraction of sp³-hybridized carbons (Fsp3) is 0. The van der Waals surface area contributed by atoms with E-state index in [2.05, 4.69) is 177 Å². The Morgan fingerprint density at radius 2 is 0.686 bits per heavy atom. The Balaban J connectivity index is 1.07. The maximum Gasteiger partial charge on any atom is 0.240 e. The summed E-state index contributed by atoms with van der Waals surface area (Å²) in [7, 11) is 0. The topological polar surface area (TPSA) is 58.4 Å². The van der Waals surface area contributed by atoms with Crippen LogP contribution in [-0.2, 0) is 0 Å². The average Bonchev–Trinajstić information content (AvgIpc) is 4.23. The molecular weight excluding hydrogens is 855 g/mol. The third-order valence-electron chi connectivity index (χ3n) is 14.0. The van der Waals surface area contributed by atoms with Gasteiger partial charge in [0, 0.05) is 48.8 Å². The van der Waals surface area contributed by atoms with E-state index in [4.69, 9.17) is 17.7 Å². The summed E-state index contributed by atoms with van der Waals surface area (Å²) in [6, 6.07) is 72.2. The van der Waals surface area contributed by atoms with Crippen LogP contribution in [0.2, 0.25) is 0 Å². The minimum Gasteiger partial charge on any atom is -0.309 e. The Hall–Kier alpha value is -9.59. The quantitative estimate of drug-likeness (QED) is 0.167. The van der Waals surface area contributed by atoms with Crippen molar-refractivity contribution in [3.05, 3.63) is 236 Å². The minimum absolute atomic E-state index is 0.129. The van der Waals surface area contributed by atoms with Crippen LogP contribution in [0.15, 0.2) is 236 Å². The largest absolute Gasteiger partial charge is 0.309 e. The highest BCUT2D eigenvalue weighted by Gasteiger charge is 2.25. The number of benzene rings is 10. The highest BCUT2D eigenvalue weighted by Crippen LogP contribution is 2.42. The highest BCUT2D eigenvalue weighted by atomic mass is 15.3. The van der Waals surface area contributed by atoms with E-state index in [1.807, 2.05) is 48.5 Å². The van der Waals surface area contributed by atoms with Crippen LogP contribution in [0, 0.1) is 0 Å². The van der Waals surface area contributed by atoms with Gasteiger partial charge in [-0.3, -0.25) is 9.13 Å². The van der Waals surface area contributed by atoms with Gasteiger partial charge in [0.15, 0.2) is 5.82 Å². The number of fused-ring (bicyclic) bond motifs is 12. The first-order valence-corrected chi connectivity index (χ1v) is 23.4. The van der Waals surface area contributed by atoms with Crippen molar-refractivity contribution in [2.75, 3.05) is 0 Å². The summed E-state index contributed by atoms with van der Waals surface area (Å²) >= 11 is 0. The van der Waals surface area contributed by atoms with Crippen molar-refractivity contribution in [3.8, 4) is 45.8 Å². The summed E-state index contributed by atoms with van der Waals surface area (Å²) in [5, 5.41) is 7.72. The van der Waals surface area contributed by atoms with Gasteiger partial charge in [-0.1, -0.05) is 170 Å². The number of para-hydroxylation sites is 8. The Bertz CT molecular complexity index is 4690. The molecule has 0 bridgehead atoms. The molecule has 0 aliphatic rings. The number of nitrogens with zero attached hydrogens (tertiary/aromatic N) is 7. The van der Waals surface area contributed by atoms with E-state index < -0.39 is 0 Å². The predicted molar refractivity (Wildman–Crippen MR) is 288 cm³/mol. The second kappa shape index (κ2) is 15.0. The number of rotatable bonds is 6. The molecule has 0 radical (unpaired) electrons. The van der Waals surface area contributed by atoms with E-state index in [1.165, 1.54) is 10.8 Å². The van der Waals surface area contributed by atoms with Gasteiger partial charge in [-0.05, 0) is 77.8 Å². The molecule has 0 N–H and O–H groups in total. The molecule has 7 nitrogen and oxygen atoms in total. The number of hydrogen-bond donors (Lipinski definition) is 0. The zero-order valence-electron chi connectivity index (χ0n) is 41.3. The first-order valence-electron chi connectivity index (χ1n) is 25.4. The molecule has 5 heterocycles. The summed E-state index contributed by atoms with van der Waals surface area (Å²) < 4.78 is 44.9. The van der Waals surface area contributed by atoms with Gasteiger partial charge in [-0.2, -0.15) is 15.0 Å². The minimum atomic E-state index is -0.341. The normalized spacial score (nSPS) is 12.8. The lowest BCUT2D eigenvalue weighted by molar-refractivity contribution is 0.892. The predicted octanol–water partition coefficient (Wildman–Crippen LogP) is 15.6. The summed E-state index contributed by atoms with van der Waals surface area (Å²) in [5.74, 6) is 0.921. The van der Waals surface area contributed by atoms with Crippen LogP contribution in [0.5, 0.6) is 0 Å². The smallest absolute Gasteiger partial charge is 0.240 e. The molecule has 326 valence electrons. The maximum atomic E-state index is 9.47. The molecule has 0 spiro atoms. The molecule has 5 aromatic heterocycles. The van der Waals surface area contributed by atoms with Crippen LogP contribution < -0.4 is 0 Å². The van der Waals surface area contributed by atoms with Crippen LogP contribution in [0.4, 0.5) is 0 Å². The van der Waals surface area contributed by atoms with Crippen molar-refractivity contribution >= 4 is 87.2 Å². The number of hydrogen-bond acceptors (Lipinski definition) is 3.